The number of hydrogen-bond acceptors (Lipinski definition) is 4. The number of rotatable bonds is 3. The van der Waals surface area contributed by atoms with Crippen LogP contribution in [0.4, 0.5) is 10.3 Å². The zero-order valence-corrected chi connectivity index (χ0v) is 11.3. The van der Waals surface area contributed by atoms with Crippen LogP contribution >= 0.6 is 0 Å². The number of benzene rings is 1. The molecule has 1 N–H and O–H groups in total. The summed E-state index contributed by atoms with van der Waals surface area (Å²) in [5.74, 6) is 0.890. The van der Waals surface area contributed by atoms with E-state index < -0.39 is 0 Å². The first kappa shape index (κ1) is 12.6. The lowest BCUT2D eigenvalue weighted by Gasteiger charge is -2.04. The minimum absolute atomic E-state index is 0.281. The molecule has 5 heteroatoms. The van der Waals surface area contributed by atoms with E-state index in [1.165, 1.54) is 12.1 Å². The lowest BCUT2D eigenvalue weighted by Crippen LogP contribution is -2.03. The van der Waals surface area contributed by atoms with Crippen molar-refractivity contribution in [3.8, 4) is 11.5 Å². The summed E-state index contributed by atoms with van der Waals surface area (Å²) in [6, 6.07) is 8.07. The molecule has 0 saturated carbocycles. The van der Waals surface area contributed by atoms with E-state index in [2.05, 4.69) is 15.3 Å². The first-order chi connectivity index (χ1) is 9.65. The van der Waals surface area contributed by atoms with E-state index in [4.69, 9.17) is 4.42 Å². The molecule has 3 aromatic rings. The molecule has 0 aliphatic heterocycles. The van der Waals surface area contributed by atoms with Crippen LogP contribution in [0.3, 0.4) is 0 Å². The Kier molecular flexibility index (Phi) is 3.10. The van der Waals surface area contributed by atoms with Crippen LogP contribution in [-0.2, 0) is 0 Å². The first-order valence-corrected chi connectivity index (χ1v) is 6.45. The summed E-state index contributed by atoms with van der Waals surface area (Å²) >= 11 is 0. The van der Waals surface area contributed by atoms with Gasteiger partial charge in [0.15, 0.2) is 5.76 Å². The van der Waals surface area contributed by atoms with Gasteiger partial charge in [0.05, 0.1) is 0 Å². The third-order valence-electron chi connectivity index (χ3n) is 2.92. The number of furan rings is 1. The highest BCUT2D eigenvalue weighted by molar-refractivity contribution is 5.82. The van der Waals surface area contributed by atoms with Gasteiger partial charge < -0.3 is 9.73 Å². The van der Waals surface area contributed by atoms with Gasteiger partial charge in [0.1, 0.15) is 17.1 Å². The fraction of sp³-hybridized carbons (Fsp3) is 0.200. The Bertz CT molecular complexity index is 767. The lowest BCUT2D eigenvalue weighted by atomic mass is 10.2. The van der Waals surface area contributed by atoms with Crippen molar-refractivity contribution in [1.29, 1.82) is 0 Å². The highest BCUT2D eigenvalue weighted by atomic mass is 19.1. The van der Waals surface area contributed by atoms with Gasteiger partial charge in [0, 0.05) is 17.6 Å². The summed E-state index contributed by atoms with van der Waals surface area (Å²) in [4.78, 5) is 8.69. The van der Waals surface area contributed by atoms with Crippen LogP contribution in [0.1, 0.15) is 12.6 Å². The van der Waals surface area contributed by atoms with Gasteiger partial charge in [-0.25, -0.2) is 14.4 Å². The van der Waals surface area contributed by atoms with E-state index in [9.17, 15) is 4.39 Å². The van der Waals surface area contributed by atoms with Crippen LogP contribution in [0.5, 0.6) is 0 Å². The fourth-order valence-electron chi connectivity index (χ4n) is 2.07. The molecule has 102 valence electrons. The minimum atomic E-state index is -0.281. The Labute approximate surface area is 115 Å². The third kappa shape index (κ3) is 2.34. The summed E-state index contributed by atoms with van der Waals surface area (Å²) in [6.45, 7) is 4.62. The second kappa shape index (κ2) is 4.92. The molecule has 0 unspecified atom stereocenters. The predicted molar refractivity (Wildman–Crippen MR) is 76.1 cm³/mol. The topological polar surface area (TPSA) is 51.0 Å². The van der Waals surface area contributed by atoms with Gasteiger partial charge in [-0.05, 0) is 44.2 Å². The van der Waals surface area contributed by atoms with Crippen molar-refractivity contribution in [2.75, 3.05) is 11.9 Å². The van der Waals surface area contributed by atoms with Crippen molar-refractivity contribution >= 4 is 16.9 Å². The number of halogens is 1. The molecule has 1 aromatic carbocycles. The smallest absolute Gasteiger partial charge is 0.223 e. The van der Waals surface area contributed by atoms with Gasteiger partial charge in [0.25, 0.3) is 0 Å². The van der Waals surface area contributed by atoms with Crippen LogP contribution in [-0.4, -0.2) is 16.5 Å². The summed E-state index contributed by atoms with van der Waals surface area (Å²) < 4.78 is 18.9. The molecule has 20 heavy (non-hydrogen) atoms. The molecule has 0 aliphatic rings. The third-order valence-corrected chi connectivity index (χ3v) is 2.92. The van der Waals surface area contributed by atoms with Crippen molar-refractivity contribution in [2.24, 2.45) is 0 Å². The summed E-state index contributed by atoms with van der Waals surface area (Å²) in [5, 5.41) is 3.80. The zero-order valence-electron chi connectivity index (χ0n) is 11.3. The molecular formula is C15H14FN3O. The number of fused-ring (bicyclic) bond motifs is 1. The lowest BCUT2D eigenvalue weighted by molar-refractivity contribution is 0.617. The van der Waals surface area contributed by atoms with Gasteiger partial charge in [-0.1, -0.05) is 0 Å². The van der Waals surface area contributed by atoms with E-state index in [1.807, 2.05) is 19.9 Å². The molecule has 2 aromatic heterocycles. The van der Waals surface area contributed by atoms with Crippen LogP contribution in [0.25, 0.3) is 22.4 Å². The number of anilines is 1. The summed E-state index contributed by atoms with van der Waals surface area (Å²) in [6.07, 6.45) is 0. The summed E-state index contributed by atoms with van der Waals surface area (Å²) in [7, 11) is 0. The molecule has 0 saturated heterocycles. The average Bonchev–Trinajstić information content (AvgIpc) is 2.81. The Morgan fingerprint density at radius 1 is 1.20 bits per heavy atom. The van der Waals surface area contributed by atoms with E-state index in [0.717, 1.165) is 17.6 Å². The maximum absolute atomic E-state index is 13.2. The molecule has 3 rings (SSSR count). The number of hydrogen-bond donors (Lipinski definition) is 1. The van der Waals surface area contributed by atoms with Crippen LogP contribution in [0, 0.1) is 12.7 Å². The second-order valence-corrected chi connectivity index (χ2v) is 4.54. The molecule has 0 spiro atoms. The number of nitrogens with one attached hydrogen (secondary N) is 1. The summed E-state index contributed by atoms with van der Waals surface area (Å²) in [5.41, 5.74) is 2.17. The average molecular weight is 271 g/mol. The molecule has 4 nitrogen and oxygen atoms in total. The van der Waals surface area contributed by atoms with Crippen molar-refractivity contribution in [3.63, 3.8) is 0 Å². The zero-order chi connectivity index (χ0) is 14.1. The molecule has 0 amide bonds. The predicted octanol–water partition coefficient (Wildman–Crippen LogP) is 3.77. The highest BCUT2D eigenvalue weighted by Crippen LogP contribution is 2.27. The highest BCUT2D eigenvalue weighted by Gasteiger charge is 2.10. The van der Waals surface area contributed by atoms with Gasteiger partial charge in [-0.3, -0.25) is 0 Å². The maximum Gasteiger partial charge on any atom is 0.223 e. The van der Waals surface area contributed by atoms with E-state index >= 15 is 0 Å². The number of aryl methyl sites for hydroxylation is 1. The Morgan fingerprint density at radius 2 is 2.05 bits per heavy atom. The van der Waals surface area contributed by atoms with Crippen molar-refractivity contribution in [1.82, 2.24) is 9.97 Å². The Morgan fingerprint density at radius 3 is 2.85 bits per heavy atom. The Balaban J connectivity index is 2.10. The molecule has 0 aliphatic carbocycles. The molecule has 0 atom stereocenters. The normalized spacial score (nSPS) is 10.9. The van der Waals surface area contributed by atoms with Gasteiger partial charge in [-0.15, -0.1) is 0 Å². The van der Waals surface area contributed by atoms with Crippen LogP contribution < -0.4 is 5.32 Å². The largest absolute Gasteiger partial charge is 0.454 e. The van der Waals surface area contributed by atoms with Crippen molar-refractivity contribution in [2.45, 2.75) is 13.8 Å². The van der Waals surface area contributed by atoms with Crippen LogP contribution in [0.15, 0.2) is 34.7 Å². The van der Waals surface area contributed by atoms with Crippen molar-refractivity contribution < 1.29 is 8.81 Å². The van der Waals surface area contributed by atoms with E-state index in [-0.39, 0.29) is 5.82 Å². The number of nitrogens with zero attached hydrogens (tertiary/aromatic N) is 2. The number of aromatic nitrogens is 2. The second-order valence-electron chi connectivity index (χ2n) is 4.54. The Hall–Kier alpha value is -2.43. The molecule has 0 radical (unpaired) electrons. The van der Waals surface area contributed by atoms with Gasteiger partial charge >= 0.3 is 0 Å². The first-order valence-electron chi connectivity index (χ1n) is 6.45. The molecular weight excluding hydrogens is 257 g/mol. The quantitative estimate of drug-likeness (QED) is 0.787. The van der Waals surface area contributed by atoms with E-state index in [0.29, 0.717) is 23.0 Å². The molecule has 2 heterocycles. The maximum atomic E-state index is 13.2. The standard InChI is InChI=1S/C15H14FN3O/c1-3-17-15-18-9(2)6-12(19-15)14-8-10-7-11(16)4-5-13(10)20-14/h4-8H,3H2,1-2H3,(H,17,18,19). The molecule has 0 fully saturated rings. The fourth-order valence-corrected chi connectivity index (χ4v) is 2.07. The minimum Gasteiger partial charge on any atom is -0.454 e. The van der Waals surface area contributed by atoms with Crippen molar-refractivity contribution in [3.05, 3.63) is 41.8 Å². The monoisotopic (exact) mass is 271 g/mol. The van der Waals surface area contributed by atoms with Crippen LogP contribution in [0.2, 0.25) is 0 Å². The molecule has 0 bridgehead atoms. The van der Waals surface area contributed by atoms with Gasteiger partial charge in [0.2, 0.25) is 5.95 Å². The SMILES string of the molecule is CCNc1nc(C)cc(-c2cc3cc(F)ccc3o2)n1. The van der Waals surface area contributed by atoms with E-state index in [1.54, 1.807) is 12.1 Å². The van der Waals surface area contributed by atoms with Gasteiger partial charge in [-0.2, -0.15) is 0 Å².